The van der Waals surface area contributed by atoms with Gasteiger partial charge in [0.15, 0.2) is 0 Å². The number of carbonyl (C=O) groups excluding carboxylic acids is 1. The maximum atomic E-state index is 13.1. The summed E-state index contributed by atoms with van der Waals surface area (Å²) in [5.41, 5.74) is 1.23. The first-order chi connectivity index (χ1) is 11.9. The molecule has 0 aromatic heterocycles. The molecule has 25 heavy (non-hydrogen) atoms. The Morgan fingerprint density at radius 2 is 1.96 bits per heavy atom. The summed E-state index contributed by atoms with van der Waals surface area (Å²) in [6.07, 6.45) is 0.367. The molecule has 0 saturated carbocycles. The monoisotopic (exact) mass is 345 g/mol. The number of nitrogens with one attached hydrogen (secondary N) is 1. The van der Waals surface area contributed by atoms with Crippen molar-refractivity contribution in [3.8, 4) is 5.75 Å². The van der Waals surface area contributed by atoms with Crippen LogP contribution in [0.2, 0.25) is 0 Å². The molecule has 2 aromatic rings. The molecular weight excluding hydrogens is 325 g/mol. The molecule has 2 rings (SSSR count). The van der Waals surface area contributed by atoms with Gasteiger partial charge >= 0.3 is 5.97 Å². The van der Waals surface area contributed by atoms with Crippen LogP contribution in [0.1, 0.15) is 35.7 Å². The molecule has 5 nitrogen and oxygen atoms in total. The highest BCUT2D eigenvalue weighted by atomic mass is 19.1. The molecule has 0 spiro atoms. The first-order valence-corrected chi connectivity index (χ1v) is 7.94. The van der Waals surface area contributed by atoms with Gasteiger partial charge in [0.25, 0.3) is 5.91 Å². The Kier molecular flexibility index (Phi) is 6.51. The lowest BCUT2D eigenvalue weighted by Gasteiger charge is -2.13. The first-order valence-electron chi connectivity index (χ1n) is 7.94. The van der Waals surface area contributed by atoms with Crippen molar-refractivity contribution in [1.29, 1.82) is 0 Å². The van der Waals surface area contributed by atoms with Gasteiger partial charge in [-0.3, -0.25) is 9.59 Å². The summed E-state index contributed by atoms with van der Waals surface area (Å²) in [7, 11) is 0. The molecule has 0 aliphatic carbocycles. The van der Waals surface area contributed by atoms with E-state index in [9.17, 15) is 14.0 Å². The van der Waals surface area contributed by atoms with Crippen LogP contribution in [-0.2, 0) is 11.4 Å². The molecule has 0 radical (unpaired) electrons. The topological polar surface area (TPSA) is 75.6 Å². The number of carboxylic acids is 1. The molecule has 0 aliphatic rings. The highest BCUT2D eigenvalue weighted by Crippen LogP contribution is 2.15. The lowest BCUT2D eigenvalue weighted by Crippen LogP contribution is -2.33. The van der Waals surface area contributed by atoms with E-state index in [0.717, 1.165) is 5.56 Å². The summed E-state index contributed by atoms with van der Waals surface area (Å²) in [5, 5.41) is 11.4. The lowest BCUT2D eigenvalue weighted by molar-refractivity contribution is -0.137. The number of benzene rings is 2. The Morgan fingerprint density at radius 1 is 1.20 bits per heavy atom. The third-order valence-electron chi connectivity index (χ3n) is 3.56. The predicted molar refractivity (Wildman–Crippen MR) is 91.0 cm³/mol. The number of ether oxygens (including phenoxy) is 1. The maximum absolute atomic E-state index is 13.1. The molecule has 0 heterocycles. The zero-order chi connectivity index (χ0) is 18.2. The third-order valence-corrected chi connectivity index (χ3v) is 3.56. The van der Waals surface area contributed by atoms with E-state index in [1.165, 1.54) is 12.1 Å². The summed E-state index contributed by atoms with van der Waals surface area (Å²) in [4.78, 5) is 22.8. The van der Waals surface area contributed by atoms with Crippen molar-refractivity contribution < 1.29 is 23.8 Å². The smallest absolute Gasteiger partial charge is 0.303 e. The van der Waals surface area contributed by atoms with E-state index >= 15 is 0 Å². The Bertz CT molecular complexity index is 748. The van der Waals surface area contributed by atoms with Crippen molar-refractivity contribution in [2.24, 2.45) is 0 Å². The Morgan fingerprint density at radius 3 is 2.68 bits per heavy atom. The molecule has 0 fully saturated rings. The van der Waals surface area contributed by atoms with Gasteiger partial charge in [-0.15, -0.1) is 0 Å². The predicted octanol–water partition coefficient (Wildman–Crippen LogP) is 3.39. The van der Waals surface area contributed by atoms with Crippen LogP contribution >= 0.6 is 0 Å². The van der Waals surface area contributed by atoms with Crippen LogP contribution < -0.4 is 10.1 Å². The first kappa shape index (κ1) is 18.4. The van der Waals surface area contributed by atoms with E-state index < -0.39 is 5.97 Å². The highest BCUT2D eigenvalue weighted by molar-refractivity contribution is 5.94. The van der Waals surface area contributed by atoms with Crippen LogP contribution in [-0.4, -0.2) is 23.0 Å². The van der Waals surface area contributed by atoms with Crippen molar-refractivity contribution in [2.45, 2.75) is 32.4 Å². The highest BCUT2D eigenvalue weighted by Gasteiger charge is 2.11. The number of halogens is 1. The summed E-state index contributed by atoms with van der Waals surface area (Å²) in [6, 6.07) is 12.5. The second kappa shape index (κ2) is 8.82. The molecule has 0 aliphatic heterocycles. The van der Waals surface area contributed by atoms with Crippen LogP contribution in [0.5, 0.6) is 5.75 Å². The molecule has 0 bridgehead atoms. The fourth-order valence-corrected chi connectivity index (χ4v) is 2.25. The third kappa shape index (κ3) is 6.25. The number of carboxylic acid groups (broad SMARTS) is 1. The number of rotatable bonds is 8. The SMILES string of the molecule is CC(CCC(=O)O)NC(=O)c1cccc(COc2cccc(F)c2)c1. The van der Waals surface area contributed by atoms with Crippen molar-refractivity contribution in [1.82, 2.24) is 5.32 Å². The van der Waals surface area contributed by atoms with Gasteiger partial charge in [0, 0.05) is 24.1 Å². The van der Waals surface area contributed by atoms with Crippen LogP contribution in [0.25, 0.3) is 0 Å². The number of aliphatic carboxylic acids is 1. The molecule has 2 N–H and O–H groups in total. The van der Waals surface area contributed by atoms with Crippen LogP contribution in [0.3, 0.4) is 0 Å². The van der Waals surface area contributed by atoms with Gasteiger partial charge < -0.3 is 15.2 Å². The van der Waals surface area contributed by atoms with Crippen LogP contribution in [0.4, 0.5) is 4.39 Å². The minimum absolute atomic E-state index is 0.00294. The second-order valence-corrected chi connectivity index (χ2v) is 5.75. The lowest BCUT2D eigenvalue weighted by atomic mass is 10.1. The van der Waals surface area contributed by atoms with Gasteiger partial charge in [-0.25, -0.2) is 4.39 Å². The molecule has 2 aromatic carbocycles. The minimum Gasteiger partial charge on any atom is -0.489 e. The average molecular weight is 345 g/mol. The normalized spacial score (nSPS) is 11.6. The summed E-state index contributed by atoms with van der Waals surface area (Å²) >= 11 is 0. The largest absolute Gasteiger partial charge is 0.489 e. The standard InChI is InChI=1S/C19H20FNO4/c1-13(8-9-18(22)23)21-19(24)15-5-2-4-14(10-15)12-25-17-7-3-6-16(20)11-17/h2-7,10-11,13H,8-9,12H2,1H3,(H,21,24)(H,22,23). The molecular formula is C19H20FNO4. The van der Waals surface area contributed by atoms with E-state index in [1.807, 2.05) is 6.07 Å². The van der Waals surface area contributed by atoms with Gasteiger partial charge in [0.1, 0.15) is 18.2 Å². The van der Waals surface area contributed by atoms with Crippen LogP contribution in [0, 0.1) is 5.82 Å². The molecule has 6 heteroatoms. The van der Waals surface area contributed by atoms with Gasteiger partial charge in [0.2, 0.25) is 0 Å². The zero-order valence-electron chi connectivity index (χ0n) is 13.9. The van der Waals surface area contributed by atoms with E-state index in [4.69, 9.17) is 9.84 Å². The van der Waals surface area contributed by atoms with E-state index in [-0.39, 0.29) is 30.8 Å². The number of hydrogen-bond acceptors (Lipinski definition) is 3. The molecule has 0 saturated heterocycles. The van der Waals surface area contributed by atoms with Crippen molar-refractivity contribution in [3.05, 3.63) is 65.5 Å². The quantitative estimate of drug-likeness (QED) is 0.769. The molecule has 1 atom stereocenters. The van der Waals surface area contributed by atoms with Gasteiger partial charge in [-0.05, 0) is 43.2 Å². The summed E-state index contributed by atoms with van der Waals surface area (Å²) in [6.45, 7) is 1.97. The average Bonchev–Trinajstić information content (AvgIpc) is 2.58. The van der Waals surface area contributed by atoms with E-state index in [2.05, 4.69) is 5.32 Å². The fourth-order valence-electron chi connectivity index (χ4n) is 2.25. The number of amides is 1. The van der Waals surface area contributed by atoms with Gasteiger partial charge in [-0.1, -0.05) is 18.2 Å². The van der Waals surface area contributed by atoms with Crippen molar-refractivity contribution in [3.63, 3.8) is 0 Å². The minimum atomic E-state index is -0.891. The maximum Gasteiger partial charge on any atom is 0.303 e. The number of carbonyl (C=O) groups is 2. The fraction of sp³-hybridized carbons (Fsp3) is 0.263. The van der Waals surface area contributed by atoms with Gasteiger partial charge in [0.05, 0.1) is 0 Å². The zero-order valence-corrected chi connectivity index (χ0v) is 13.9. The Labute approximate surface area is 145 Å². The van der Waals surface area contributed by atoms with E-state index in [0.29, 0.717) is 17.7 Å². The Hall–Kier alpha value is -2.89. The Balaban J connectivity index is 1.93. The molecule has 1 unspecified atom stereocenters. The van der Waals surface area contributed by atoms with Gasteiger partial charge in [-0.2, -0.15) is 0 Å². The summed E-state index contributed by atoms with van der Waals surface area (Å²) in [5.74, 6) is -1.12. The number of hydrogen-bond donors (Lipinski definition) is 2. The molecule has 132 valence electrons. The van der Waals surface area contributed by atoms with E-state index in [1.54, 1.807) is 37.3 Å². The van der Waals surface area contributed by atoms with Crippen molar-refractivity contribution in [2.75, 3.05) is 0 Å². The van der Waals surface area contributed by atoms with Crippen LogP contribution in [0.15, 0.2) is 48.5 Å². The van der Waals surface area contributed by atoms with Crippen molar-refractivity contribution >= 4 is 11.9 Å². The molecule has 1 amide bonds. The summed E-state index contributed by atoms with van der Waals surface area (Å²) < 4.78 is 18.6. The second-order valence-electron chi connectivity index (χ2n) is 5.75.